The molecule has 18 heavy (non-hydrogen) atoms. The molecule has 0 amide bonds. The molecule has 0 heterocycles. The molecule has 102 valence electrons. The fraction of sp³-hybridized carbons (Fsp3) is 0.625. The Bertz CT molecular complexity index is 327. The van der Waals surface area contributed by atoms with Gasteiger partial charge in [-0.2, -0.15) is 0 Å². The Morgan fingerprint density at radius 2 is 1.67 bits per heavy atom. The van der Waals surface area contributed by atoms with Gasteiger partial charge >= 0.3 is 0 Å². The first kappa shape index (κ1) is 15.2. The third-order valence-electron chi connectivity index (χ3n) is 3.31. The van der Waals surface area contributed by atoms with Gasteiger partial charge < -0.3 is 10.2 Å². The third-order valence-corrected chi connectivity index (χ3v) is 3.31. The maximum absolute atomic E-state index is 3.58. The second-order valence-corrected chi connectivity index (χ2v) is 5.77. The van der Waals surface area contributed by atoms with E-state index in [1.807, 2.05) is 0 Å². The van der Waals surface area contributed by atoms with Crippen molar-refractivity contribution >= 4 is 0 Å². The Labute approximate surface area is 112 Å². The number of nitrogens with zero attached hydrogens (tertiary/aromatic N) is 1. The Balaban J connectivity index is 2.34. The summed E-state index contributed by atoms with van der Waals surface area (Å²) < 4.78 is 0. The Morgan fingerprint density at radius 1 is 1.06 bits per heavy atom. The van der Waals surface area contributed by atoms with Crippen LogP contribution in [0, 0.1) is 0 Å². The van der Waals surface area contributed by atoms with Gasteiger partial charge in [0.15, 0.2) is 0 Å². The molecule has 0 saturated heterocycles. The van der Waals surface area contributed by atoms with Crippen molar-refractivity contribution in [1.82, 2.24) is 10.2 Å². The second kappa shape index (κ2) is 7.55. The smallest absolute Gasteiger partial charge is 0.0207 e. The molecule has 0 bridgehead atoms. The van der Waals surface area contributed by atoms with Crippen LogP contribution in [0.3, 0.4) is 0 Å². The van der Waals surface area contributed by atoms with Crippen molar-refractivity contribution < 1.29 is 0 Å². The van der Waals surface area contributed by atoms with Crippen molar-refractivity contribution in [2.45, 2.75) is 45.7 Å². The normalized spacial score (nSPS) is 13.3. The van der Waals surface area contributed by atoms with E-state index in [-0.39, 0.29) is 0 Å². The van der Waals surface area contributed by atoms with Gasteiger partial charge in [0.1, 0.15) is 0 Å². The van der Waals surface area contributed by atoms with Gasteiger partial charge in [-0.1, -0.05) is 38.1 Å². The molecule has 1 rings (SSSR count). The average Bonchev–Trinajstić information content (AvgIpc) is 2.34. The van der Waals surface area contributed by atoms with Crippen molar-refractivity contribution in [2.24, 2.45) is 0 Å². The van der Waals surface area contributed by atoms with Gasteiger partial charge in [-0.05, 0) is 51.0 Å². The Morgan fingerprint density at radius 3 is 2.17 bits per heavy atom. The van der Waals surface area contributed by atoms with Crippen LogP contribution in [0.2, 0.25) is 0 Å². The molecule has 2 heteroatoms. The number of hydrogen-bond acceptors (Lipinski definition) is 2. The van der Waals surface area contributed by atoms with E-state index < -0.39 is 0 Å². The van der Waals surface area contributed by atoms with E-state index in [1.165, 1.54) is 17.5 Å². The zero-order valence-electron chi connectivity index (χ0n) is 12.5. The standard InChI is InChI=1S/C16H28N2/c1-13(2)16-8-6-15(7-9-16)12-17-14(3)10-11-18(4)5/h6-9,13-14,17H,10-12H2,1-5H3. The fourth-order valence-corrected chi connectivity index (χ4v) is 1.87. The van der Waals surface area contributed by atoms with Crippen LogP contribution in [-0.4, -0.2) is 31.6 Å². The molecular formula is C16H28N2. The van der Waals surface area contributed by atoms with Crippen molar-refractivity contribution in [3.63, 3.8) is 0 Å². The number of benzene rings is 1. The van der Waals surface area contributed by atoms with Crippen LogP contribution in [0.15, 0.2) is 24.3 Å². The van der Waals surface area contributed by atoms with Gasteiger partial charge in [0.2, 0.25) is 0 Å². The molecule has 1 atom stereocenters. The van der Waals surface area contributed by atoms with Crippen LogP contribution in [0.1, 0.15) is 44.2 Å². The minimum Gasteiger partial charge on any atom is -0.310 e. The highest BCUT2D eigenvalue weighted by Crippen LogP contribution is 2.14. The molecule has 0 aromatic heterocycles. The van der Waals surface area contributed by atoms with E-state index in [2.05, 4.69) is 69.3 Å². The summed E-state index contributed by atoms with van der Waals surface area (Å²) >= 11 is 0. The number of hydrogen-bond donors (Lipinski definition) is 1. The van der Waals surface area contributed by atoms with Crippen LogP contribution in [0.5, 0.6) is 0 Å². The van der Waals surface area contributed by atoms with E-state index in [0.29, 0.717) is 12.0 Å². The van der Waals surface area contributed by atoms with E-state index in [0.717, 1.165) is 13.1 Å². The van der Waals surface area contributed by atoms with Crippen molar-refractivity contribution in [2.75, 3.05) is 20.6 Å². The quantitative estimate of drug-likeness (QED) is 0.797. The Kier molecular flexibility index (Phi) is 6.37. The van der Waals surface area contributed by atoms with Gasteiger partial charge in [-0.3, -0.25) is 0 Å². The summed E-state index contributed by atoms with van der Waals surface area (Å²) in [4.78, 5) is 2.23. The van der Waals surface area contributed by atoms with E-state index in [4.69, 9.17) is 0 Å². The molecule has 0 aliphatic rings. The first-order valence-corrected chi connectivity index (χ1v) is 6.96. The Hall–Kier alpha value is -0.860. The van der Waals surface area contributed by atoms with E-state index >= 15 is 0 Å². The van der Waals surface area contributed by atoms with Gasteiger partial charge in [-0.15, -0.1) is 0 Å². The van der Waals surface area contributed by atoms with E-state index in [1.54, 1.807) is 0 Å². The maximum Gasteiger partial charge on any atom is 0.0207 e. The monoisotopic (exact) mass is 248 g/mol. The molecule has 1 aromatic carbocycles. The summed E-state index contributed by atoms with van der Waals surface area (Å²) in [6.07, 6.45) is 1.19. The van der Waals surface area contributed by atoms with Crippen LogP contribution in [0.25, 0.3) is 0 Å². The summed E-state index contributed by atoms with van der Waals surface area (Å²) in [5, 5.41) is 3.58. The number of rotatable bonds is 7. The lowest BCUT2D eigenvalue weighted by atomic mass is 10.0. The molecule has 0 aliphatic heterocycles. The lowest BCUT2D eigenvalue weighted by molar-refractivity contribution is 0.365. The average molecular weight is 248 g/mol. The SMILES string of the molecule is CC(CCN(C)C)NCc1ccc(C(C)C)cc1. The number of nitrogens with one attached hydrogen (secondary N) is 1. The highest BCUT2D eigenvalue weighted by atomic mass is 15.1. The zero-order valence-corrected chi connectivity index (χ0v) is 12.5. The second-order valence-electron chi connectivity index (χ2n) is 5.77. The molecule has 2 nitrogen and oxygen atoms in total. The lowest BCUT2D eigenvalue weighted by Crippen LogP contribution is -2.29. The lowest BCUT2D eigenvalue weighted by Gasteiger charge is -2.17. The predicted molar refractivity (Wildman–Crippen MR) is 80.0 cm³/mol. The molecule has 0 aliphatic carbocycles. The molecule has 0 fully saturated rings. The summed E-state index contributed by atoms with van der Waals surface area (Å²) in [6.45, 7) is 8.83. The molecule has 0 radical (unpaired) electrons. The molecule has 1 aromatic rings. The summed E-state index contributed by atoms with van der Waals surface area (Å²) in [5.74, 6) is 0.617. The largest absolute Gasteiger partial charge is 0.310 e. The van der Waals surface area contributed by atoms with Crippen LogP contribution >= 0.6 is 0 Å². The van der Waals surface area contributed by atoms with Gasteiger partial charge in [0.25, 0.3) is 0 Å². The van der Waals surface area contributed by atoms with Crippen molar-refractivity contribution in [1.29, 1.82) is 0 Å². The van der Waals surface area contributed by atoms with Crippen molar-refractivity contribution in [3.8, 4) is 0 Å². The summed E-state index contributed by atoms with van der Waals surface area (Å²) in [6, 6.07) is 9.53. The topological polar surface area (TPSA) is 15.3 Å². The van der Waals surface area contributed by atoms with Gasteiger partial charge in [-0.25, -0.2) is 0 Å². The highest BCUT2D eigenvalue weighted by molar-refractivity contribution is 5.24. The van der Waals surface area contributed by atoms with Crippen molar-refractivity contribution in [3.05, 3.63) is 35.4 Å². The third kappa shape index (κ3) is 5.65. The minimum absolute atomic E-state index is 0.567. The molecule has 0 spiro atoms. The van der Waals surface area contributed by atoms with Crippen LogP contribution in [-0.2, 0) is 6.54 Å². The molecule has 0 saturated carbocycles. The van der Waals surface area contributed by atoms with Gasteiger partial charge in [0, 0.05) is 12.6 Å². The zero-order chi connectivity index (χ0) is 13.5. The minimum atomic E-state index is 0.567. The molecule has 1 unspecified atom stereocenters. The maximum atomic E-state index is 3.58. The highest BCUT2D eigenvalue weighted by Gasteiger charge is 2.03. The first-order valence-electron chi connectivity index (χ1n) is 6.96. The molecular weight excluding hydrogens is 220 g/mol. The van der Waals surface area contributed by atoms with Crippen LogP contribution < -0.4 is 5.32 Å². The molecule has 1 N–H and O–H groups in total. The summed E-state index contributed by atoms with van der Waals surface area (Å²) in [7, 11) is 4.24. The van der Waals surface area contributed by atoms with Gasteiger partial charge in [0.05, 0.1) is 0 Å². The predicted octanol–water partition coefficient (Wildman–Crippen LogP) is 3.24. The van der Waals surface area contributed by atoms with E-state index in [9.17, 15) is 0 Å². The fourth-order valence-electron chi connectivity index (χ4n) is 1.87. The summed E-state index contributed by atoms with van der Waals surface area (Å²) in [5.41, 5.74) is 2.79. The first-order chi connectivity index (χ1) is 8.49. The van der Waals surface area contributed by atoms with Crippen LogP contribution in [0.4, 0.5) is 0 Å².